The Morgan fingerprint density at radius 3 is 2.66 bits per heavy atom. The van der Waals surface area contributed by atoms with Crippen molar-refractivity contribution in [2.75, 3.05) is 11.9 Å². The minimum absolute atomic E-state index is 0.126. The van der Waals surface area contributed by atoms with Gasteiger partial charge in [-0.1, -0.05) is 84.1 Å². The largest absolute Gasteiger partial charge is 0.484 e. The molecule has 2 amide bonds. The highest BCUT2D eigenvalue weighted by molar-refractivity contribution is 8.26. The van der Waals surface area contributed by atoms with Crippen LogP contribution in [-0.2, 0) is 9.59 Å². The molecule has 0 spiro atoms. The number of carbonyl (C=O) groups excluding carboxylic acids is 2. The van der Waals surface area contributed by atoms with Crippen LogP contribution in [0.25, 0.3) is 6.08 Å². The molecule has 1 atom stereocenters. The molecule has 1 fully saturated rings. The van der Waals surface area contributed by atoms with Crippen molar-refractivity contribution in [1.29, 1.82) is 0 Å². The van der Waals surface area contributed by atoms with Gasteiger partial charge in [-0.2, -0.15) is 0 Å². The first-order chi connectivity index (χ1) is 16.8. The number of nitrogens with one attached hydrogen (secondary N) is 1. The van der Waals surface area contributed by atoms with Crippen LogP contribution >= 0.6 is 35.6 Å². The first-order valence-corrected chi connectivity index (χ1v) is 12.5. The average molecular weight is 523 g/mol. The van der Waals surface area contributed by atoms with E-state index in [1.807, 2.05) is 62.4 Å². The normalized spacial score (nSPS) is 15.4. The van der Waals surface area contributed by atoms with E-state index in [-0.39, 0.29) is 24.5 Å². The van der Waals surface area contributed by atoms with Crippen LogP contribution in [0.5, 0.6) is 5.75 Å². The quantitative estimate of drug-likeness (QED) is 0.279. The Labute approximate surface area is 219 Å². The van der Waals surface area contributed by atoms with Crippen LogP contribution in [0.4, 0.5) is 5.69 Å². The number of nitrogens with zero attached hydrogens (tertiary/aromatic N) is 1. The SMILES string of the molecule is Cc1ccc(NC(=O)COc2cccc(/C=C3\SC(=S)N([C@H](C)c4ccccc4)C3=O)c2)cc1Cl. The summed E-state index contributed by atoms with van der Waals surface area (Å²) in [4.78, 5) is 27.6. The van der Waals surface area contributed by atoms with Gasteiger partial charge in [-0.25, -0.2) is 0 Å². The molecule has 1 heterocycles. The van der Waals surface area contributed by atoms with Crippen LogP contribution in [-0.4, -0.2) is 27.6 Å². The van der Waals surface area contributed by atoms with Crippen molar-refractivity contribution >= 4 is 63.5 Å². The number of amides is 2. The van der Waals surface area contributed by atoms with Crippen LogP contribution in [0.15, 0.2) is 77.7 Å². The molecule has 178 valence electrons. The second-order valence-corrected chi connectivity index (χ2v) is 10.1. The molecule has 1 N–H and O–H groups in total. The molecule has 0 bridgehead atoms. The van der Waals surface area contributed by atoms with Crippen molar-refractivity contribution in [2.45, 2.75) is 19.9 Å². The van der Waals surface area contributed by atoms with E-state index in [2.05, 4.69) is 5.32 Å². The first kappa shape index (κ1) is 25.0. The van der Waals surface area contributed by atoms with Crippen LogP contribution in [0.3, 0.4) is 0 Å². The number of thioether (sulfide) groups is 1. The molecule has 4 rings (SSSR count). The third-order valence-electron chi connectivity index (χ3n) is 5.47. The van der Waals surface area contributed by atoms with E-state index in [0.29, 0.717) is 25.7 Å². The standard InChI is InChI=1S/C27H23ClN2O3S2/c1-17-11-12-21(15-23(17)28)29-25(31)16-33-22-10-6-7-19(13-22)14-24-26(32)30(27(34)35-24)18(2)20-8-4-3-5-9-20/h3-15,18H,16H2,1-2H3,(H,29,31)/b24-14-/t18-/m1/s1. The van der Waals surface area contributed by atoms with E-state index in [9.17, 15) is 9.59 Å². The molecule has 0 saturated carbocycles. The molecule has 8 heteroatoms. The molecule has 35 heavy (non-hydrogen) atoms. The summed E-state index contributed by atoms with van der Waals surface area (Å²) in [6.45, 7) is 3.70. The number of halogens is 1. The van der Waals surface area contributed by atoms with Gasteiger partial charge in [0.15, 0.2) is 6.61 Å². The molecular formula is C27H23ClN2O3S2. The molecule has 0 aliphatic carbocycles. The number of thiocarbonyl (C=S) groups is 1. The van der Waals surface area contributed by atoms with Gasteiger partial charge in [0.25, 0.3) is 11.8 Å². The van der Waals surface area contributed by atoms with Gasteiger partial charge in [0.2, 0.25) is 0 Å². The van der Waals surface area contributed by atoms with Crippen molar-refractivity contribution in [1.82, 2.24) is 4.90 Å². The Balaban J connectivity index is 1.40. The van der Waals surface area contributed by atoms with Crippen LogP contribution in [0.2, 0.25) is 5.02 Å². The van der Waals surface area contributed by atoms with Crippen LogP contribution < -0.4 is 10.1 Å². The third-order valence-corrected chi connectivity index (χ3v) is 7.21. The van der Waals surface area contributed by atoms with Crippen molar-refractivity contribution < 1.29 is 14.3 Å². The molecule has 0 unspecified atom stereocenters. The number of carbonyl (C=O) groups is 2. The summed E-state index contributed by atoms with van der Waals surface area (Å²) in [5, 5.41) is 3.35. The molecule has 0 radical (unpaired) electrons. The first-order valence-electron chi connectivity index (χ1n) is 10.9. The highest BCUT2D eigenvalue weighted by Crippen LogP contribution is 2.38. The van der Waals surface area contributed by atoms with E-state index in [1.54, 1.807) is 35.2 Å². The molecule has 3 aromatic rings. The van der Waals surface area contributed by atoms with Gasteiger partial charge in [-0.3, -0.25) is 14.5 Å². The van der Waals surface area contributed by atoms with E-state index in [1.165, 1.54) is 11.8 Å². The number of rotatable bonds is 7. The van der Waals surface area contributed by atoms with Gasteiger partial charge >= 0.3 is 0 Å². The number of benzene rings is 3. The lowest BCUT2D eigenvalue weighted by molar-refractivity contribution is -0.123. The molecule has 5 nitrogen and oxygen atoms in total. The minimum Gasteiger partial charge on any atom is -0.484 e. The second kappa shape index (κ2) is 11.1. The highest BCUT2D eigenvalue weighted by atomic mass is 35.5. The predicted molar refractivity (Wildman–Crippen MR) is 147 cm³/mol. The van der Waals surface area contributed by atoms with Gasteiger partial charge in [0.05, 0.1) is 10.9 Å². The number of hydrogen-bond acceptors (Lipinski definition) is 5. The maximum absolute atomic E-state index is 13.1. The fourth-order valence-corrected chi connectivity index (χ4v) is 5.16. The zero-order chi connectivity index (χ0) is 24.9. The number of anilines is 1. The van der Waals surface area contributed by atoms with Crippen molar-refractivity contribution in [2.24, 2.45) is 0 Å². The van der Waals surface area contributed by atoms with E-state index >= 15 is 0 Å². The second-order valence-electron chi connectivity index (χ2n) is 8.01. The van der Waals surface area contributed by atoms with Crippen LogP contribution in [0.1, 0.15) is 29.7 Å². The third kappa shape index (κ3) is 6.11. The molecular weight excluding hydrogens is 500 g/mol. The number of hydrogen-bond donors (Lipinski definition) is 1. The highest BCUT2D eigenvalue weighted by Gasteiger charge is 2.35. The van der Waals surface area contributed by atoms with Gasteiger partial charge < -0.3 is 10.1 Å². The Kier molecular flexibility index (Phi) is 7.90. The monoisotopic (exact) mass is 522 g/mol. The number of aryl methyl sites for hydroxylation is 1. The maximum Gasteiger partial charge on any atom is 0.266 e. The zero-order valence-electron chi connectivity index (χ0n) is 19.2. The molecule has 1 aliphatic rings. The van der Waals surface area contributed by atoms with Gasteiger partial charge in [0.1, 0.15) is 10.1 Å². The fourth-order valence-electron chi connectivity index (χ4n) is 3.56. The van der Waals surface area contributed by atoms with E-state index < -0.39 is 0 Å². The van der Waals surface area contributed by atoms with Crippen molar-refractivity contribution in [3.8, 4) is 5.75 Å². The summed E-state index contributed by atoms with van der Waals surface area (Å²) in [5.74, 6) is 0.0916. The van der Waals surface area contributed by atoms with E-state index in [4.69, 9.17) is 28.6 Å². The van der Waals surface area contributed by atoms with Gasteiger partial charge in [-0.15, -0.1) is 0 Å². The summed E-state index contributed by atoms with van der Waals surface area (Å²) in [5.41, 5.74) is 3.34. The average Bonchev–Trinajstić information content (AvgIpc) is 3.13. The summed E-state index contributed by atoms with van der Waals surface area (Å²) in [6, 6.07) is 22.2. The number of ether oxygens (including phenoxy) is 1. The van der Waals surface area contributed by atoms with Gasteiger partial charge in [-0.05, 0) is 60.9 Å². The summed E-state index contributed by atoms with van der Waals surface area (Å²) in [6.07, 6.45) is 1.79. The lowest BCUT2D eigenvalue weighted by Crippen LogP contribution is -2.30. The predicted octanol–water partition coefficient (Wildman–Crippen LogP) is 6.63. The molecule has 3 aromatic carbocycles. The maximum atomic E-state index is 13.1. The summed E-state index contributed by atoms with van der Waals surface area (Å²) >= 11 is 12.9. The Hall–Kier alpha value is -3.13. The Morgan fingerprint density at radius 2 is 1.91 bits per heavy atom. The van der Waals surface area contributed by atoms with Crippen molar-refractivity contribution in [3.05, 3.63) is 99.4 Å². The fraction of sp³-hybridized carbons (Fsp3) is 0.148. The Bertz CT molecular complexity index is 1310. The van der Waals surface area contributed by atoms with Gasteiger partial charge in [0, 0.05) is 10.7 Å². The topological polar surface area (TPSA) is 58.6 Å². The lowest BCUT2D eigenvalue weighted by Gasteiger charge is -2.23. The molecule has 1 aliphatic heterocycles. The van der Waals surface area contributed by atoms with E-state index in [0.717, 1.165) is 16.7 Å². The minimum atomic E-state index is -0.300. The lowest BCUT2D eigenvalue weighted by atomic mass is 10.1. The molecule has 1 saturated heterocycles. The van der Waals surface area contributed by atoms with Crippen molar-refractivity contribution in [3.63, 3.8) is 0 Å². The smallest absolute Gasteiger partial charge is 0.266 e. The molecule has 0 aromatic heterocycles. The zero-order valence-corrected chi connectivity index (χ0v) is 21.5. The Morgan fingerprint density at radius 1 is 1.14 bits per heavy atom. The van der Waals surface area contributed by atoms with Crippen LogP contribution in [0, 0.1) is 6.92 Å². The summed E-state index contributed by atoms with van der Waals surface area (Å²) in [7, 11) is 0. The summed E-state index contributed by atoms with van der Waals surface area (Å²) < 4.78 is 6.19.